The number of aromatic nitrogens is 1. The Hall–Kier alpha value is -1.16. The first-order valence-corrected chi connectivity index (χ1v) is 6.75. The number of unbranched alkanes of at least 4 members (excludes halogenated alkanes) is 1. The maximum atomic E-state index is 13.3. The van der Waals surface area contributed by atoms with Crippen LogP contribution in [0.5, 0.6) is 0 Å². The summed E-state index contributed by atoms with van der Waals surface area (Å²) in [6.07, 6.45) is 4.64. The van der Waals surface area contributed by atoms with Gasteiger partial charge in [0.2, 0.25) is 0 Å². The molecule has 1 aromatic heterocycles. The Morgan fingerprint density at radius 3 is 2.78 bits per heavy atom. The molecule has 0 aliphatic heterocycles. The van der Waals surface area contributed by atoms with E-state index in [2.05, 4.69) is 29.0 Å². The molecule has 0 atom stereocenters. The average Bonchev–Trinajstić information content (AvgIpc) is 2.36. The van der Waals surface area contributed by atoms with Crippen molar-refractivity contribution >= 4 is 5.82 Å². The van der Waals surface area contributed by atoms with Gasteiger partial charge in [-0.25, -0.2) is 9.37 Å². The quantitative estimate of drug-likeness (QED) is 0.722. The third kappa shape index (κ3) is 4.61. The summed E-state index contributed by atoms with van der Waals surface area (Å²) < 4.78 is 13.3. The molecule has 1 aromatic rings. The summed E-state index contributed by atoms with van der Waals surface area (Å²) in [6, 6.07) is 1.58. The standard InChI is InChI=1S/C14H24FN3/c1-4-6-8-18(3)14-12(10-16-7-5-2)9-13(15)11-17-14/h9,11,16H,4-8,10H2,1-3H3. The number of hydrogen-bond acceptors (Lipinski definition) is 3. The van der Waals surface area contributed by atoms with Crippen LogP contribution in [-0.4, -0.2) is 25.1 Å². The Morgan fingerprint density at radius 1 is 1.33 bits per heavy atom. The molecule has 0 fully saturated rings. The van der Waals surface area contributed by atoms with Gasteiger partial charge in [-0.3, -0.25) is 0 Å². The molecule has 1 rings (SSSR count). The van der Waals surface area contributed by atoms with Crippen molar-refractivity contribution in [3.05, 3.63) is 23.6 Å². The van der Waals surface area contributed by atoms with Crippen LogP contribution in [0.4, 0.5) is 10.2 Å². The average molecular weight is 253 g/mol. The number of halogens is 1. The molecule has 1 heterocycles. The fourth-order valence-electron chi connectivity index (χ4n) is 1.85. The maximum Gasteiger partial charge on any atom is 0.141 e. The molecule has 0 aliphatic rings. The van der Waals surface area contributed by atoms with Crippen molar-refractivity contribution in [2.24, 2.45) is 0 Å². The van der Waals surface area contributed by atoms with Crippen LogP contribution in [-0.2, 0) is 6.54 Å². The van der Waals surface area contributed by atoms with E-state index in [0.29, 0.717) is 6.54 Å². The minimum Gasteiger partial charge on any atom is -0.359 e. The monoisotopic (exact) mass is 253 g/mol. The Morgan fingerprint density at radius 2 is 2.11 bits per heavy atom. The lowest BCUT2D eigenvalue weighted by Crippen LogP contribution is -2.23. The number of nitrogens with zero attached hydrogens (tertiary/aromatic N) is 2. The van der Waals surface area contributed by atoms with Crippen LogP contribution in [0.25, 0.3) is 0 Å². The topological polar surface area (TPSA) is 28.2 Å². The van der Waals surface area contributed by atoms with E-state index in [1.807, 2.05) is 7.05 Å². The first-order chi connectivity index (χ1) is 8.69. The zero-order valence-corrected chi connectivity index (χ0v) is 11.7. The molecular weight excluding hydrogens is 229 g/mol. The molecule has 0 aliphatic carbocycles. The van der Waals surface area contributed by atoms with Crippen LogP contribution in [0.1, 0.15) is 38.7 Å². The van der Waals surface area contributed by atoms with Gasteiger partial charge in [0.05, 0.1) is 6.20 Å². The van der Waals surface area contributed by atoms with Crippen molar-refractivity contribution in [1.29, 1.82) is 0 Å². The predicted molar refractivity (Wildman–Crippen MR) is 74.4 cm³/mol. The summed E-state index contributed by atoms with van der Waals surface area (Å²) in [6.45, 7) is 6.84. The molecule has 0 unspecified atom stereocenters. The Bertz CT molecular complexity index is 355. The van der Waals surface area contributed by atoms with Crippen LogP contribution in [0.3, 0.4) is 0 Å². The van der Waals surface area contributed by atoms with Crippen molar-refractivity contribution in [3.63, 3.8) is 0 Å². The van der Waals surface area contributed by atoms with E-state index in [0.717, 1.165) is 43.7 Å². The second-order valence-corrected chi connectivity index (χ2v) is 4.59. The summed E-state index contributed by atoms with van der Waals surface area (Å²) in [5.41, 5.74) is 0.932. The Balaban J connectivity index is 2.74. The van der Waals surface area contributed by atoms with Gasteiger partial charge in [-0.2, -0.15) is 0 Å². The zero-order chi connectivity index (χ0) is 13.4. The Labute approximate surface area is 109 Å². The molecule has 0 spiro atoms. The minimum atomic E-state index is -0.268. The second-order valence-electron chi connectivity index (χ2n) is 4.59. The van der Waals surface area contributed by atoms with Crippen LogP contribution in [0, 0.1) is 5.82 Å². The van der Waals surface area contributed by atoms with Gasteiger partial charge in [0.25, 0.3) is 0 Å². The van der Waals surface area contributed by atoms with E-state index in [-0.39, 0.29) is 5.82 Å². The lowest BCUT2D eigenvalue weighted by molar-refractivity contribution is 0.609. The molecule has 0 amide bonds. The third-order valence-electron chi connectivity index (χ3n) is 2.86. The SMILES string of the molecule is CCCCN(C)c1ncc(F)cc1CNCCC. The molecule has 0 radical (unpaired) electrons. The lowest BCUT2D eigenvalue weighted by atomic mass is 10.2. The minimum absolute atomic E-state index is 0.268. The number of nitrogens with one attached hydrogen (secondary N) is 1. The first kappa shape index (κ1) is 14.9. The molecule has 3 nitrogen and oxygen atoms in total. The van der Waals surface area contributed by atoms with Crippen molar-refractivity contribution in [2.45, 2.75) is 39.7 Å². The molecule has 0 saturated carbocycles. The summed E-state index contributed by atoms with van der Waals surface area (Å²) in [5, 5.41) is 3.30. The van der Waals surface area contributed by atoms with Gasteiger partial charge in [-0.1, -0.05) is 20.3 Å². The van der Waals surface area contributed by atoms with Crippen molar-refractivity contribution in [2.75, 3.05) is 25.0 Å². The van der Waals surface area contributed by atoms with E-state index in [1.54, 1.807) is 6.07 Å². The van der Waals surface area contributed by atoms with Crippen LogP contribution in [0.2, 0.25) is 0 Å². The number of hydrogen-bond donors (Lipinski definition) is 1. The highest BCUT2D eigenvalue weighted by atomic mass is 19.1. The van der Waals surface area contributed by atoms with Gasteiger partial charge in [0.15, 0.2) is 0 Å². The zero-order valence-electron chi connectivity index (χ0n) is 11.7. The Kier molecular flexibility index (Phi) is 6.65. The highest BCUT2D eigenvalue weighted by Gasteiger charge is 2.09. The van der Waals surface area contributed by atoms with Crippen LogP contribution < -0.4 is 10.2 Å². The maximum absolute atomic E-state index is 13.3. The van der Waals surface area contributed by atoms with E-state index in [1.165, 1.54) is 6.20 Å². The summed E-state index contributed by atoms with van der Waals surface area (Å²) >= 11 is 0. The van der Waals surface area contributed by atoms with Gasteiger partial charge in [-0.05, 0) is 25.5 Å². The van der Waals surface area contributed by atoms with Gasteiger partial charge in [-0.15, -0.1) is 0 Å². The first-order valence-electron chi connectivity index (χ1n) is 6.75. The largest absolute Gasteiger partial charge is 0.359 e. The van der Waals surface area contributed by atoms with Crippen molar-refractivity contribution in [3.8, 4) is 0 Å². The van der Waals surface area contributed by atoms with Crippen molar-refractivity contribution < 1.29 is 4.39 Å². The van der Waals surface area contributed by atoms with Gasteiger partial charge in [0.1, 0.15) is 11.6 Å². The normalized spacial score (nSPS) is 10.7. The fourth-order valence-corrected chi connectivity index (χ4v) is 1.85. The molecule has 4 heteroatoms. The highest BCUT2D eigenvalue weighted by molar-refractivity contribution is 5.46. The van der Waals surface area contributed by atoms with E-state index < -0.39 is 0 Å². The number of pyridine rings is 1. The highest BCUT2D eigenvalue weighted by Crippen LogP contribution is 2.17. The molecule has 18 heavy (non-hydrogen) atoms. The third-order valence-corrected chi connectivity index (χ3v) is 2.86. The molecule has 0 saturated heterocycles. The summed E-state index contributed by atoms with van der Waals surface area (Å²) in [7, 11) is 2.01. The van der Waals surface area contributed by atoms with E-state index in [9.17, 15) is 4.39 Å². The molecule has 0 bridgehead atoms. The molecule has 102 valence electrons. The summed E-state index contributed by atoms with van der Waals surface area (Å²) in [5.74, 6) is 0.615. The second kappa shape index (κ2) is 8.03. The van der Waals surface area contributed by atoms with E-state index in [4.69, 9.17) is 0 Å². The molecular formula is C14H24FN3. The van der Waals surface area contributed by atoms with Gasteiger partial charge >= 0.3 is 0 Å². The molecule has 1 N–H and O–H groups in total. The van der Waals surface area contributed by atoms with Crippen LogP contribution >= 0.6 is 0 Å². The smallest absolute Gasteiger partial charge is 0.141 e. The lowest BCUT2D eigenvalue weighted by Gasteiger charge is -2.21. The predicted octanol–water partition coefficient (Wildman–Crippen LogP) is 2.96. The number of rotatable bonds is 8. The van der Waals surface area contributed by atoms with Crippen molar-refractivity contribution in [1.82, 2.24) is 10.3 Å². The fraction of sp³-hybridized carbons (Fsp3) is 0.643. The number of anilines is 1. The van der Waals surface area contributed by atoms with Gasteiger partial charge in [0, 0.05) is 25.7 Å². The van der Waals surface area contributed by atoms with Crippen LogP contribution in [0.15, 0.2) is 12.3 Å². The van der Waals surface area contributed by atoms with E-state index >= 15 is 0 Å². The summed E-state index contributed by atoms with van der Waals surface area (Å²) in [4.78, 5) is 6.32. The molecule has 0 aromatic carbocycles. The van der Waals surface area contributed by atoms with Gasteiger partial charge < -0.3 is 10.2 Å².